The maximum absolute atomic E-state index is 13.8. The van der Waals surface area contributed by atoms with Gasteiger partial charge in [-0.05, 0) is 37.0 Å². The van der Waals surface area contributed by atoms with Gasteiger partial charge in [0, 0.05) is 11.1 Å². The smallest absolute Gasteiger partial charge is 0.545 e. The molecule has 2 aromatic rings. The molecule has 1 aromatic carbocycles. The summed E-state index contributed by atoms with van der Waals surface area (Å²) in [5.74, 6) is -2.64. The van der Waals surface area contributed by atoms with Crippen molar-refractivity contribution in [3.63, 3.8) is 0 Å². The van der Waals surface area contributed by atoms with Gasteiger partial charge in [-0.1, -0.05) is 26.0 Å². The van der Waals surface area contributed by atoms with Gasteiger partial charge in [-0.3, -0.25) is 4.98 Å². The summed E-state index contributed by atoms with van der Waals surface area (Å²) in [5.41, 5.74) is -2.17. The molecule has 0 radical (unpaired) electrons. The van der Waals surface area contributed by atoms with Crippen molar-refractivity contribution in [1.29, 1.82) is 0 Å². The molecule has 0 aliphatic carbocycles. The van der Waals surface area contributed by atoms with Crippen molar-refractivity contribution in [1.82, 2.24) is 4.98 Å². The van der Waals surface area contributed by atoms with Crippen molar-refractivity contribution in [2.45, 2.75) is 33.4 Å². The molecule has 0 saturated heterocycles. The predicted molar refractivity (Wildman–Crippen MR) is 82.2 cm³/mol. The van der Waals surface area contributed by atoms with Gasteiger partial charge >= 0.3 is 35.7 Å². The zero-order chi connectivity index (χ0) is 18.9. The quantitative estimate of drug-likeness (QED) is 0.585. The van der Waals surface area contributed by atoms with Gasteiger partial charge in [-0.25, -0.2) is 4.39 Å². The SMILES string of the molecule is Cc1ccc(-c2cc(C(F)(F)F)c(C(=O)[O-])c(CC(C)C)n2)cc1F.[Na+]. The van der Waals surface area contributed by atoms with Gasteiger partial charge in [0.2, 0.25) is 0 Å². The number of halogens is 4. The minimum Gasteiger partial charge on any atom is -0.545 e. The molecule has 0 saturated carbocycles. The zero-order valence-electron chi connectivity index (χ0n) is 14.9. The van der Waals surface area contributed by atoms with E-state index in [9.17, 15) is 27.5 Å². The first-order chi connectivity index (χ1) is 11.5. The fourth-order valence-electron chi connectivity index (χ4n) is 2.48. The molecule has 2 rings (SSSR count). The van der Waals surface area contributed by atoms with Crippen molar-refractivity contribution in [2.24, 2.45) is 5.92 Å². The van der Waals surface area contributed by atoms with Gasteiger partial charge < -0.3 is 9.90 Å². The number of benzene rings is 1. The summed E-state index contributed by atoms with van der Waals surface area (Å²) in [6.07, 6.45) is -4.88. The molecule has 3 nitrogen and oxygen atoms in total. The summed E-state index contributed by atoms with van der Waals surface area (Å²) in [6.45, 7) is 4.98. The first kappa shape index (κ1) is 22.6. The molecule has 0 aliphatic heterocycles. The van der Waals surface area contributed by atoms with Gasteiger partial charge in [0.1, 0.15) is 5.82 Å². The molecule has 8 heteroatoms. The molecule has 0 atom stereocenters. The second-order valence-electron chi connectivity index (χ2n) is 6.22. The Morgan fingerprint density at radius 1 is 1.23 bits per heavy atom. The number of carboxylic acids is 1. The topological polar surface area (TPSA) is 53.0 Å². The predicted octanol–water partition coefficient (Wildman–Crippen LogP) is 0.781. The summed E-state index contributed by atoms with van der Waals surface area (Å²) in [5, 5.41) is 11.3. The third-order valence-corrected chi connectivity index (χ3v) is 3.67. The molecule has 0 aliphatic rings. The largest absolute Gasteiger partial charge is 1.00 e. The van der Waals surface area contributed by atoms with Crippen LogP contribution in [-0.2, 0) is 12.6 Å². The van der Waals surface area contributed by atoms with Crippen LogP contribution in [0.2, 0.25) is 0 Å². The number of hydrogen-bond acceptors (Lipinski definition) is 3. The fraction of sp³-hybridized carbons (Fsp3) is 0.333. The summed E-state index contributed by atoms with van der Waals surface area (Å²) in [7, 11) is 0. The molecule has 0 N–H and O–H groups in total. The summed E-state index contributed by atoms with van der Waals surface area (Å²) < 4.78 is 53.9. The van der Waals surface area contributed by atoms with Crippen molar-refractivity contribution in [2.75, 3.05) is 0 Å². The molecule has 134 valence electrons. The minimum absolute atomic E-state index is 0. The number of aromatic carboxylic acids is 1. The monoisotopic (exact) mass is 377 g/mol. The van der Waals surface area contributed by atoms with Crippen LogP contribution in [0, 0.1) is 18.7 Å². The van der Waals surface area contributed by atoms with E-state index in [1.807, 2.05) is 0 Å². The van der Waals surface area contributed by atoms with Crippen LogP contribution in [0.5, 0.6) is 0 Å². The van der Waals surface area contributed by atoms with Crippen LogP contribution in [0.1, 0.15) is 41.0 Å². The van der Waals surface area contributed by atoms with E-state index in [4.69, 9.17) is 0 Å². The Kier molecular flexibility index (Phi) is 7.39. The number of aryl methyl sites for hydroxylation is 1. The average molecular weight is 377 g/mol. The maximum Gasteiger partial charge on any atom is 1.00 e. The minimum atomic E-state index is -4.90. The second kappa shape index (κ2) is 8.50. The fourth-order valence-corrected chi connectivity index (χ4v) is 2.48. The van der Waals surface area contributed by atoms with Crippen LogP contribution >= 0.6 is 0 Å². The summed E-state index contributed by atoms with van der Waals surface area (Å²) in [4.78, 5) is 15.4. The third-order valence-electron chi connectivity index (χ3n) is 3.67. The molecule has 0 fully saturated rings. The third kappa shape index (κ3) is 5.05. The van der Waals surface area contributed by atoms with Gasteiger partial charge in [0.05, 0.1) is 22.9 Å². The van der Waals surface area contributed by atoms with Crippen LogP contribution in [0.15, 0.2) is 24.3 Å². The number of aromatic nitrogens is 1. The normalized spacial score (nSPS) is 11.4. The molecule has 0 spiro atoms. The Bertz CT molecular complexity index is 820. The van der Waals surface area contributed by atoms with E-state index in [1.54, 1.807) is 13.8 Å². The van der Waals surface area contributed by atoms with Crippen LogP contribution in [0.4, 0.5) is 17.6 Å². The Labute approximate surface area is 170 Å². The van der Waals surface area contributed by atoms with E-state index in [2.05, 4.69) is 4.98 Å². The number of rotatable bonds is 4. The standard InChI is InChI=1S/C18H17F4NO2.Na/c1-9(2)6-15-16(17(24)25)12(18(20,21)22)8-14(23-15)11-5-4-10(3)13(19)7-11;/h4-5,7-9H,6H2,1-3H3,(H,24,25);/q;+1/p-1. The van der Waals surface area contributed by atoms with Crippen molar-refractivity contribution < 1.29 is 57.0 Å². The molecule has 1 heterocycles. The van der Waals surface area contributed by atoms with E-state index in [1.165, 1.54) is 19.1 Å². The van der Waals surface area contributed by atoms with Gasteiger partial charge in [-0.15, -0.1) is 0 Å². The van der Waals surface area contributed by atoms with Gasteiger partial charge in [-0.2, -0.15) is 13.2 Å². The number of carboxylic acid groups (broad SMARTS) is 1. The molecular weight excluding hydrogens is 361 g/mol. The van der Waals surface area contributed by atoms with E-state index in [0.717, 1.165) is 6.07 Å². The van der Waals surface area contributed by atoms with Gasteiger partial charge in [0.15, 0.2) is 0 Å². The Morgan fingerprint density at radius 3 is 2.31 bits per heavy atom. The van der Waals surface area contributed by atoms with E-state index in [-0.39, 0.29) is 58.8 Å². The maximum atomic E-state index is 13.8. The molecular formula is C18H16F4NNaO2. The molecule has 0 unspecified atom stereocenters. The number of carbonyl (C=O) groups is 1. The summed E-state index contributed by atoms with van der Waals surface area (Å²) >= 11 is 0. The van der Waals surface area contributed by atoms with Crippen molar-refractivity contribution in [3.05, 3.63) is 52.5 Å². The summed E-state index contributed by atoms with van der Waals surface area (Å²) in [6, 6.07) is 4.57. The van der Waals surface area contributed by atoms with E-state index in [0.29, 0.717) is 11.6 Å². The Hall–Kier alpha value is -1.44. The van der Waals surface area contributed by atoms with Crippen molar-refractivity contribution >= 4 is 5.97 Å². The number of nitrogens with zero attached hydrogens (tertiary/aromatic N) is 1. The second-order valence-corrected chi connectivity index (χ2v) is 6.22. The first-order valence-electron chi connectivity index (χ1n) is 7.59. The molecule has 0 amide bonds. The molecule has 0 bridgehead atoms. The Balaban J connectivity index is 0.00000338. The van der Waals surface area contributed by atoms with Crippen molar-refractivity contribution in [3.8, 4) is 11.3 Å². The van der Waals surface area contributed by atoms with Crippen LogP contribution in [0.3, 0.4) is 0 Å². The number of pyridine rings is 1. The van der Waals surface area contributed by atoms with Crippen LogP contribution in [-0.4, -0.2) is 11.0 Å². The van der Waals surface area contributed by atoms with Crippen LogP contribution < -0.4 is 34.7 Å². The van der Waals surface area contributed by atoms with Gasteiger partial charge in [0.25, 0.3) is 0 Å². The average Bonchev–Trinajstić information content (AvgIpc) is 2.47. The van der Waals surface area contributed by atoms with E-state index < -0.39 is 29.1 Å². The van der Waals surface area contributed by atoms with Crippen LogP contribution in [0.25, 0.3) is 11.3 Å². The molecule has 1 aromatic heterocycles. The number of alkyl halides is 3. The Morgan fingerprint density at radius 2 is 1.85 bits per heavy atom. The van der Waals surface area contributed by atoms with E-state index >= 15 is 0 Å². The number of hydrogen-bond donors (Lipinski definition) is 0. The number of carbonyl (C=O) groups excluding carboxylic acids is 1. The first-order valence-corrected chi connectivity index (χ1v) is 7.59. The molecule has 26 heavy (non-hydrogen) atoms. The zero-order valence-corrected chi connectivity index (χ0v) is 16.9.